The Morgan fingerprint density at radius 3 is 1.05 bits per heavy atom. The Morgan fingerprint density at radius 2 is 0.550 bits per heavy atom. The van der Waals surface area contributed by atoms with Crippen molar-refractivity contribution in [2.75, 3.05) is 0 Å². The van der Waals surface area contributed by atoms with E-state index in [9.17, 15) is 0 Å². The fraction of sp³-hybridized carbons (Fsp3) is 0. The zero-order chi connectivity index (χ0) is 40.1. The molecule has 0 atom stereocenters. The van der Waals surface area contributed by atoms with Gasteiger partial charge < -0.3 is 0 Å². The fourth-order valence-electron chi connectivity index (χ4n) is 7.93. The maximum absolute atomic E-state index is 5.48. The summed E-state index contributed by atoms with van der Waals surface area (Å²) in [7, 11) is 0. The number of aromatic nitrogens is 4. The highest BCUT2D eigenvalue weighted by molar-refractivity contribution is 6.07. The Morgan fingerprint density at radius 1 is 0.200 bits per heavy atom. The minimum atomic E-state index is 0.601. The molecule has 0 unspecified atom stereocenters. The van der Waals surface area contributed by atoms with Gasteiger partial charge in [-0.05, 0) is 68.8 Å². The molecule has 0 saturated heterocycles. The van der Waals surface area contributed by atoms with Crippen molar-refractivity contribution in [3.8, 4) is 101 Å². The van der Waals surface area contributed by atoms with Crippen LogP contribution in [0, 0.1) is 0 Å². The summed E-state index contributed by atoms with van der Waals surface area (Å²) < 4.78 is 0. The Hall–Kier alpha value is -8.08. The number of rotatable bonds is 9. The average Bonchev–Trinajstić information content (AvgIpc) is 3.35. The molecule has 2 heterocycles. The Labute approximate surface area is 350 Å². The van der Waals surface area contributed by atoms with Gasteiger partial charge in [0.15, 0.2) is 17.5 Å². The third-order valence-corrected chi connectivity index (χ3v) is 10.7. The van der Waals surface area contributed by atoms with Gasteiger partial charge in [-0.1, -0.05) is 206 Å². The van der Waals surface area contributed by atoms with Crippen molar-refractivity contribution in [1.29, 1.82) is 0 Å². The number of benzene rings is 8. The molecular formula is C56H38N4. The lowest BCUT2D eigenvalue weighted by Crippen LogP contribution is -2.00. The topological polar surface area (TPSA) is 51.6 Å². The predicted octanol–water partition coefficient (Wildman–Crippen LogP) is 14.3. The summed E-state index contributed by atoms with van der Waals surface area (Å²) in [4.78, 5) is 20.4. The lowest BCUT2D eigenvalue weighted by Gasteiger charge is -2.24. The lowest BCUT2D eigenvalue weighted by molar-refractivity contribution is 1.07. The Balaban J connectivity index is 1.18. The fourth-order valence-corrected chi connectivity index (χ4v) is 7.93. The number of nitrogens with zero attached hydrogens (tertiary/aromatic N) is 4. The molecule has 0 fully saturated rings. The summed E-state index contributed by atoms with van der Waals surface area (Å²) >= 11 is 0. The molecule has 0 aliphatic rings. The van der Waals surface area contributed by atoms with Crippen molar-refractivity contribution in [1.82, 2.24) is 19.9 Å². The minimum Gasteiger partial charge on any atom is -0.248 e. The molecule has 282 valence electrons. The van der Waals surface area contributed by atoms with E-state index in [1.807, 2.05) is 60.7 Å². The zero-order valence-electron chi connectivity index (χ0n) is 32.7. The van der Waals surface area contributed by atoms with E-state index in [-0.39, 0.29) is 0 Å². The standard InChI is InChI=1S/C56H38N4/c1-7-21-39(22-8-1)47-38-48(52(41-25-11-3-12-26-41)53(42-27-13-4-14-28-42)51(47)40-23-9-2-10-24-40)50-36-20-35-49(57-50)45-33-19-34-46(37-45)56-59-54(43-29-15-5-16-30-43)58-55(60-56)44-31-17-6-18-32-44/h1-38H. The van der Waals surface area contributed by atoms with Gasteiger partial charge in [-0.15, -0.1) is 0 Å². The summed E-state index contributed by atoms with van der Waals surface area (Å²) in [6.07, 6.45) is 0. The summed E-state index contributed by atoms with van der Waals surface area (Å²) in [5.41, 5.74) is 15.7. The average molecular weight is 767 g/mol. The van der Waals surface area contributed by atoms with Crippen LogP contribution in [0.25, 0.3) is 101 Å². The van der Waals surface area contributed by atoms with Crippen LogP contribution in [0.5, 0.6) is 0 Å². The largest absolute Gasteiger partial charge is 0.248 e. The molecule has 10 rings (SSSR count). The summed E-state index contributed by atoms with van der Waals surface area (Å²) in [6.45, 7) is 0. The molecule has 0 N–H and O–H groups in total. The molecule has 0 radical (unpaired) electrons. The first-order valence-corrected chi connectivity index (χ1v) is 20.1. The van der Waals surface area contributed by atoms with E-state index < -0.39 is 0 Å². The first-order chi connectivity index (χ1) is 29.8. The highest BCUT2D eigenvalue weighted by atomic mass is 15.0. The maximum Gasteiger partial charge on any atom is 0.164 e. The monoisotopic (exact) mass is 766 g/mol. The second-order valence-corrected chi connectivity index (χ2v) is 14.6. The van der Waals surface area contributed by atoms with Crippen LogP contribution in [-0.4, -0.2) is 19.9 Å². The summed E-state index contributed by atoms with van der Waals surface area (Å²) in [5.74, 6) is 1.85. The van der Waals surface area contributed by atoms with Crippen LogP contribution in [0.15, 0.2) is 231 Å². The number of hydrogen-bond acceptors (Lipinski definition) is 4. The van der Waals surface area contributed by atoms with E-state index in [1.54, 1.807) is 0 Å². The molecule has 0 amide bonds. The molecule has 0 saturated carbocycles. The van der Waals surface area contributed by atoms with Gasteiger partial charge in [0, 0.05) is 27.8 Å². The van der Waals surface area contributed by atoms with Crippen LogP contribution in [0.3, 0.4) is 0 Å². The van der Waals surface area contributed by atoms with E-state index in [1.165, 1.54) is 5.56 Å². The molecule has 0 bridgehead atoms. The van der Waals surface area contributed by atoms with Gasteiger partial charge in [-0.3, -0.25) is 0 Å². The van der Waals surface area contributed by atoms with Crippen LogP contribution >= 0.6 is 0 Å². The van der Waals surface area contributed by atoms with Gasteiger partial charge in [0.2, 0.25) is 0 Å². The molecule has 0 spiro atoms. The first kappa shape index (κ1) is 36.3. The van der Waals surface area contributed by atoms with Crippen LogP contribution < -0.4 is 0 Å². The van der Waals surface area contributed by atoms with E-state index in [2.05, 4.69) is 170 Å². The van der Waals surface area contributed by atoms with Gasteiger partial charge in [-0.2, -0.15) is 0 Å². The van der Waals surface area contributed by atoms with Crippen molar-refractivity contribution in [3.05, 3.63) is 231 Å². The van der Waals surface area contributed by atoms with Gasteiger partial charge >= 0.3 is 0 Å². The van der Waals surface area contributed by atoms with Crippen molar-refractivity contribution in [2.45, 2.75) is 0 Å². The van der Waals surface area contributed by atoms with Crippen LogP contribution in [-0.2, 0) is 0 Å². The van der Waals surface area contributed by atoms with Crippen molar-refractivity contribution in [2.24, 2.45) is 0 Å². The molecule has 0 aliphatic heterocycles. The molecule has 2 aromatic heterocycles. The van der Waals surface area contributed by atoms with Crippen LogP contribution in [0.4, 0.5) is 0 Å². The van der Waals surface area contributed by atoms with Gasteiger partial charge in [0.25, 0.3) is 0 Å². The van der Waals surface area contributed by atoms with E-state index in [0.717, 1.165) is 78.1 Å². The number of pyridine rings is 1. The zero-order valence-corrected chi connectivity index (χ0v) is 32.7. The Bertz CT molecular complexity index is 2990. The molecule has 10 aromatic rings. The summed E-state index contributed by atoms with van der Waals surface area (Å²) in [6, 6.07) is 80.1. The third-order valence-electron chi connectivity index (χ3n) is 10.7. The second kappa shape index (κ2) is 16.4. The van der Waals surface area contributed by atoms with Gasteiger partial charge in [0.1, 0.15) is 0 Å². The minimum absolute atomic E-state index is 0.601. The van der Waals surface area contributed by atoms with E-state index >= 15 is 0 Å². The van der Waals surface area contributed by atoms with Crippen molar-refractivity contribution >= 4 is 0 Å². The van der Waals surface area contributed by atoms with Crippen molar-refractivity contribution in [3.63, 3.8) is 0 Å². The third kappa shape index (κ3) is 7.30. The SMILES string of the molecule is c1ccc(-c2nc(-c3ccccc3)nc(-c3cccc(-c4cccc(-c5cc(-c6ccccc6)c(-c6ccccc6)c(-c6ccccc6)c5-c5ccccc5)n4)c3)n2)cc1. The van der Waals surface area contributed by atoms with E-state index in [4.69, 9.17) is 19.9 Å². The number of hydrogen-bond donors (Lipinski definition) is 0. The smallest absolute Gasteiger partial charge is 0.164 e. The first-order valence-electron chi connectivity index (χ1n) is 20.1. The molecular weight excluding hydrogens is 729 g/mol. The van der Waals surface area contributed by atoms with Crippen LogP contribution in [0.2, 0.25) is 0 Å². The van der Waals surface area contributed by atoms with Crippen LogP contribution in [0.1, 0.15) is 0 Å². The van der Waals surface area contributed by atoms with Gasteiger partial charge in [-0.25, -0.2) is 19.9 Å². The summed E-state index contributed by atoms with van der Waals surface area (Å²) in [5, 5.41) is 0. The molecule has 4 nitrogen and oxygen atoms in total. The van der Waals surface area contributed by atoms with Crippen molar-refractivity contribution < 1.29 is 0 Å². The van der Waals surface area contributed by atoms with Gasteiger partial charge in [0.05, 0.1) is 11.4 Å². The lowest BCUT2D eigenvalue weighted by atomic mass is 9.79. The molecule has 8 aromatic carbocycles. The van der Waals surface area contributed by atoms with E-state index in [0.29, 0.717) is 17.5 Å². The molecule has 60 heavy (non-hydrogen) atoms. The second-order valence-electron chi connectivity index (χ2n) is 14.6. The maximum atomic E-state index is 5.48. The quantitative estimate of drug-likeness (QED) is 0.147. The normalized spacial score (nSPS) is 11.0. The molecule has 0 aliphatic carbocycles. The highest BCUT2D eigenvalue weighted by Crippen LogP contribution is 2.50. The molecule has 4 heteroatoms. The Kier molecular flexibility index (Phi) is 9.92. The predicted molar refractivity (Wildman–Crippen MR) is 247 cm³/mol. The highest BCUT2D eigenvalue weighted by Gasteiger charge is 2.24.